The van der Waals surface area contributed by atoms with Gasteiger partial charge in [-0.25, -0.2) is 0 Å². The molecule has 7 heteroatoms. The first-order valence-electron chi connectivity index (χ1n) is 8.91. The van der Waals surface area contributed by atoms with Crippen LogP contribution in [-0.4, -0.2) is 30.6 Å². The first-order chi connectivity index (χ1) is 13.4. The van der Waals surface area contributed by atoms with Crippen molar-refractivity contribution in [3.05, 3.63) is 54.1 Å². The summed E-state index contributed by atoms with van der Waals surface area (Å²) >= 11 is 7.44. The van der Waals surface area contributed by atoms with E-state index < -0.39 is 5.41 Å². The summed E-state index contributed by atoms with van der Waals surface area (Å²) in [6.45, 7) is 3.60. The Balaban J connectivity index is 1.80. The van der Waals surface area contributed by atoms with Crippen LogP contribution in [0.3, 0.4) is 0 Å². The number of nitrogens with zero attached hydrogens (tertiary/aromatic N) is 1. The number of carbonyl (C=O) groups excluding carboxylic acids is 2. The second-order valence-corrected chi connectivity index (χ2v) is 8.56. The largest absolute Gasteiger partial charge is 0.497 e. The van der Waals surface area contributed by atoms with E-state index >= 15 is 0 Å². The average molecular weight is 419 g/mol. The predicted octanol–water partition coefficient (Wildman–Crippen LogP) is 4.68. The Morgan fingerprint density at radius 2 is 2.00 bits per heavy atom. The molecular weight excluding hydrogens is 396 g/mol. The molecule has 1 saturated heterocycles. The third-order valence-electron chi connectivity index (χ3n) is 4.60. The summed E-state index contributed by atoms with van der Waals surface area (Å²) in [5.41, 5.74) is 1.86. The molecule has 1 aliphatic heterocycles. The number of hydrogen-bond acceptors (Lipinski definition) is 4. The summed E-state index contributed by atoms with van der Waals surface area (Å²) in [4.78, 5) is 26.6. The van der Waals surface area contributed by atoms with Gasteiger partial charge in [-0.05, 0) is 43.7 Å². The summed E-state index contributed by atoms with van der Waals surface area (Å²) in [5.74, 6) is 1.31. The Kier molecular flexibility index (Phi) is 6.20. The summed E-state index contributed by atoms with van der Waals surface area (Å²) in [6.07, 6.45) is 0. The van der Waals surface area contributed by atoms with Crippen LogP contribution in [0.5, 0.6) is 5.75 Å². The lowest BCUT2D eigenvalue weighted by atomic mass is 9.95. The molecule has 3 rings (SSSR count). The quantitative estimate of drug-likeness (QED) is 0.692. The molecule has 1 aliphatic rings. The highest BCUT2D eigenvalue weighted by Crippen LogP contribution is 2.42. The standard InChI is InChI=1S/C21H23ClN2O3S/c1-21(2,13-22)20(26)23-15-9-7-14(8-10-15)19-24(18(25)12-28-19)16-5-4-6-17(11-16)27-3/h4-11,19H,12-13H2,1-3H3,(H,23,26). The number of nitrogens with one attached hydrogen (secondary N) is 1. The van der Waals surface area contributed by atoms with E-state index in [1.54, 1.807) is 37.6 Å². The van der Waals surface area contributed by atoms with Gasteiger partial charge in [0.1, 0.15) is 11.1 Å². The number of carbonyl (C=O) groups is 2. The lowest BCUT2D eigenvalue weighted by Gasteiger charge is -2.25. The fraction of sp³-hybridized carbons (Fsp3) is 0.333. The number of anilines is 2. The number of ether oxygens (including phenoxy) is 1. The monoisotopic (exact) mass is 418 g/mol. The summed E-state index contributed by atoms with van der Waals surface area (Å²) in [5, 5.41) is 2.77. The Morgan fingerprint density at radius 1 is 1.29 bits per heavy atom. The van der Waals surface area contributed by atoms with Gasteiger partial charge in [0.05, 0.1) is 18.3 Å². The number of benzene rings is 2. The van der Waals surface area contributed by atoms with Crippen molar-refractivity contribution in [2.24, 2.45) is 5.41 Å². The Labute approximate surface area is 174 Å². The van der Waals surface area contributed by atoms with Gasteiger partial charge in [-0.3, -0.25) is 14.5 Å². The Hall–Kier alpha value is -2.18. The van der Waals surface area contributed by atoms with Gasteiger partial charge in [-0.1, -0.05) is 18.2 Å². The zero-order chi connectivity index (χ0) is 20.3. The topological polar surface area (TPSA) is 58.6 Å². The van der Waals surface area contributed by atoms with Crippen LogP contribution in [0.1, 0.15) is 24.8 Å². The molecule has 1 heterocycles. The van der Waals surface area contributed by atoms with Gasteiger partial charge in [0.2, 0.25) is 11.8 Å². The highest BCUT2D eigenvalue weighted by Gasteiger charge is 2.34. The Morgan fingerprint density at radius 3 is 2.64 bits per heavy atom. The Bertz CT molecular complexity index is 870. The molecule has 0 aliphatic carbocycles. The van der Waals surface area contributed by atoms with Crippen molar-refractivity contribution in [3.63, 3.8) is 0 Å². The van der Waals surface area contributed by atoms with Crippen molar-refractivity contribution in [1.29, 1.82) is 0 Å². The van der Waals surface area contributed by atoms with Gasteiger partial charge in [0.15, 0.2) is 0 Å². The van der Waals surface area contributed by atoms with E-state index in [0.29, 0.717) is 17.2 Å². The fourth-order valence-electron chi connectivity index (χ4n) is 2.80. The van der Waals surface area contributed by atoms with Crippen LogP contribution in [0, 0.1) is 5.41 Å². The van der Waals surface area contributed by atoms with E-state index in [1.807, 2.05) is 48.5 Å². The molecule has 2 amide bonds. The first kappa shape index (κ1) is 20.6. The smallest absolute Gasteiger partial charge is 0.238 e. The predicted molar refractivity (Wildman–Crippen MR) is 115 cm³/mol. The second kappa shape index (κ2) is 8.45. The van der Waals surface area contributed by atoms with E-state index in [9.17, 15) is 9.59 Å². The second-order valence-electron chi connectivity index (χ2n) is 7.22. The maximum absolute atomic E-state index is 12.5. The third kappa shape index (κ3) is 4.28. The number of thioether (sulfide) groups is 1. The molecule has 0 aromatic heterocycles. The maximum atomic E-state index is 12.5. The van der Waals surface area contributed by atoms with Crippen molar-refractivity contribution in [2.75, 3.05) is 29.0 Å². The molecule has 148 valence electrons. The van der Waals surface area contributed by atoms with Gasteiger partial charge >= 0.3 is 0 Å². The van der Waals surface area contributed by atoms with E-state index in [2.05, 4.69) is 5.32 Å². The first-order valence-corrected chi connectivity index (χ1v) is 10.5. The van der Waals surface area contributed by atoms with Crippen LogP contribution in [0.25, 0.3) is 0 Å². The maximum Gasteiger partial charge on any atom is 0.238 e. The molecule has 5 nitrogen and oxygen atoms in total. The molecule has 0 radical (unpaired) electrons. The van der Waals surface area contributed by atoms with Gasteiger partial charge in [-0.15, -0.1) is 23.4 Å². The molecule has 1 unspecified atom stereocenters. The zero-order valence-electron chi connectivity index (χ0n) is 16.1. The fourth-order valence-corrected chi connectivity index (χ4v) is 4.10. The molecule has 2 aromatic rings. The molecule has 0 spiro atoms. The number of amides is 2. The number of halogens is 1. The molecule has 1 atom stereocenters. The summed E-state index contributed by atoms with van der Waals surface area (Å²) in [7, 11) is 1.61. The summed E-state index contributed by atoms with van der Waals surface area (Å²) in [6, 6.07) is 15.1. The van der Waals surface area contributed by atoms with Gasteiger partial charge in [-0.2, -0.15) is 0 Å². The van der Waals surface area contributed by atoms with Crippen molar-refractivity contribution in [1.82, 2.24) is 0 Å². The van der Waals surface area contributed by atoms with Gasteiger partial charge < -0.3 is 10.1 Å². The lowest BCUT2D eigenvalue weighted by molar-refractivity contribution is -0.123. The molecule has 0 bridgehead atoms. The normalized spacial score (nSPS) is 16.9. The molecule has 1 fully saturated rings. The summed E-state index contributed by atoms with van der Waals surface area (Å²) < 4.78 is 5.29. The van der Waals surface area contributed by atoms with E-state index in [-0.39, 0.29) is 23.1 Å². The van der Waals surface area contributed by atoms with Crippen molar-refractivity contribution in [3.8, 4) is 5.75 Å². The highest BCUT2D eigenvalue weighted by molar-refractivity contribution is 8.00. The molecule has 2 aromatic carbocycles. The van der Waals surface area contributed by atoms with Crippen LogP contribution in [-0.2, 0) is 9.59 Å². The minimum absolute atomic E-state index is 0.0597. The highest BCUT2D eigenvalue weighted by atomic mass is 35.5. The van der Waals surface area contributed by atoms with Crippen LogP contribution < -0.4 is 15.0 Å². The minimum atomic E-state index is -0.642. The minimum Gasteiger partial charge on any atom is -0.497 e. The average Bonchev–Trinajstić information content (AvgIpc) is 3.10. The van der Waals surface area contributed by atoms with Crippen LogP contribution in [0.2, 0.25) is 0 Å². The van der Waals surface area contributed by atoms with Gasteiger partial charge in [0.25, 0.3) is 0 Å². The molecule has 0 saturated carbocycles. The third-order valence-corrected chi connectivity index (χ3v) is 6.48. The SMILES string of the molecule is COc1cccc(N2C(=O)CSC2c2ccc(NC(=O)C(C)(C)CCl)cc2)c1. The van der Waals surface area contributed by atoms with Crippen molar-refractivity contribution >= 4 is 46.6 Å². The van der Waals surface area contributed by atoms with Crippen LogP contribution in [0.4, 0.5) is 11.4 Å². The number of methoxy groups -OCH3 is 1. The lowest BCUT2D eigenvalue weighted by Crippen LogP contribution is -2.32. The van der Waals surface area contributed by atoms with Crippen molar-refractivity contribution < 1.29 is 14.3 Å². The number of hydrogen-bond donors (Lipinski definition) is 1. The molecular formula is C21H23ClN2O3S. The zero-order valence-corrected chi connectivity index (χ0v) is 17.6. The van der Waals surface area contributed by atoms with Crippen LogP contribution >= 0.6 is 23.4 Å². The molecule has 28 heavy (non-hydrogen) atoms. The van der Waals surface area contributed by atoms with E-state index in [0.717, 1.165) is 11.3 Å². The molecule has 1 N–H and O–H groups in total. The number of alkyl halides is 1. The van der Waals surface area contributed by atoms with Crippen LogP contribution in [0.15, 0.2) is 48.5 Å². The number of rotatable bonds is 6. The van der Waals surface area contributed by atoms with E-state index in [1.165, 1.54) is 0 Å². The van der Waals surface area contributed by atoms with Gasteiger partial charge in [0, 0.05) is 23.3 Å². The van der Waals surface area contributed by atoms with Crippen molar-refractivity contribution in [2.45, 2.75) is 19.2 Å². The van der Waals surface area contributed by atoms with E-state index in [4.69, 9.17) is 16.3 Å².